The molecule has 60 valence electrons. The zero-order chi connectivity index (χ0) is 8.59. The molecule has 0 aliphatic carbocycles. The summed E-state index contributed by atoms with van der Waals surface area (Å²) in [5.74, 6) is -3.04. The van der Waals surface area contributed by atoms with Gasteiger partial charge in [-0.1, -0.05) is 0 Å². The van der Waals surface area contributed by atoms with Crippen molar-refractivity contribution in [1.29, 1.82) is 0 Å². The number of carbonyl (C=O) groups is 1. The monoisotopic (exact) mass is 159 g/mol. The summed E-state index contributed by atoms with van der Waals surface area (Å²) in [4.78, 5) is 10.2. The van der Waals surface area contributed by atoms with Crippen molar-refractivity contribution in [3.63, 3.8) is 0 Å². The fourth-order valence-corrected chi connectivity index (χ4v) is 0.635. The first-order valence-electron chi connectivity index (χ1n) is 2.60. The Morgan fingerprint density at radius 3 is 2.18 bits per heavy atom. The van der Waals surface area contributed by atoms with E-state index in [1.165, 1.54) is 0 Å². The third-order valence-corrected chi connectivity index (χ3v) is 1.16. The van der Waals surface area contributed by atoms with Crippen molar-refractivity contribution >= 4 is 5.97 Å². The summed E-state index contributed by atoms with van der Waals surface area (Å²) in [6.45, 7) is 0. The van der Waals surface area contributed by atoms with Crippen molar-refractivity contribution in [2.45, 2.75) is 0 Å². The molecule has 11 heavy (non-hydrogen) atoms. The largest absolute Gasteiger partial charge is 0.492 e. The number of aromatic hydroxyl groups is 2. The smallest absolute Gasteiger partial charge is 0.341 e. The number of rotatable bonds is 1. The highest BCUT2D eigenvalue weighted by molar-refractivity contribution is 5.90. The van der Waals surface area contributed by atoms with E-state index >= 15 is 0 Å². The molecule has 0 atom stereocenters. The Morgan fingerprint density at radius 2 is 2.00 bits per heavy atom. The summed E-state index contributed by atoms with van der Waals surface area (Å²) < 4.78 is -0.0244. The van der Waals surface area contributed by atoms with Crippen LogP contribution in [-0.4, -0.2) is 31.2 Å². The molecule has 0 aromatic carbocycles. The molecule has 0 saturated heterocycles. The molecule has 1 aromatic heterocycles. The maximum Gasteiger partial charge on any atom is 0.341 e. The maximum atomic E-state index is 10.2. The Labute approximate surface area is 60.5 Å². The van der Waals surface area contributed by atoms with Crippen LogP contribution in [0.15, 0.2) is 6.07 Å². The van der Waals surface area contributed by atoms with Crippen molar-refractivity contribution in [1.82, 2.24) is 4.73 Å². The lowest BCUT2D eigenvalue weighted by Gasteiger charge is -1.93. The van der Waals surface area contributed by atoms with Crippen LogP contribution in [0.25, 0.3) is 0 Å². The minimum atomic E-state index is -1.43. The van der Waals surface area contributed by atoms with E-state index in [2.05, 4.69) is 0 Å². The molecule has 0 aliphatic heterocycles. The van der Waals surface area contributed by atoms with Gasteiger partial charge in [0.05, 0.1) is 0 Å². The van der Waals surface area contributed by atoms with Crippen LogP contribution < -0.4 is 0 Å². The van der Waals surface area contributed by atoms with Gasteiger partial charge in [-0.3, -0.25) is 0 Å². The zero-order valence-electron chi connectivity index (χ0n) is 5.22. The fraction of sp³-hybridized carbons (Fsp3) is 0. The summed E-state index contributed by atoms with van der Waals surface area (Å²) in [5.41, 5.74) is -0.551. The number of carboxylic acid groups (broad SMARTS) is 1. The maximum absolute atomic E-state index is 10.2. The van der Waals surface area contributed by atoms with Gasteiger partial charge >= 0.3 is 5.97 Å². The Balaban J connectivity index is 3.29. The summed E-state index contributed by atoms with van der Waals surface area (Å²) in [7, 11) is 0. The van der Waals surface area contributed by atoms with Crippen molar-refractivity contribution < 1.29 is 25.3 Å². The molecule has 0 spiro atoms. The van der Waals surface area contributed by atoms with Crippen LogP contribution in [0, 0.1) is 0 Å². The summed E-state index contributed by atoms with van der Waals surface area (Å²) in [6, 6.07) is 0.734. The molecule has 0 radical (unpaired) electrons. The molecule has 6 nitrogen and oxygen atoms in total. The van der Waals surface area contributed by atoms with Gasteiger partial charge in [-0.2, -0.15) is 0 Å². The molecule has 0 fully saturated rings. The van der Waals surface area contributed by atoms with Gasteiger partial charge in [-0.05, 0) is 0 Å². The molecule has 6 heteroatoms. The molecule has 1 heterocycles. The lowest BCUT2D eigenvalue weighted by molar-refractivity contribution is 0.0687. The van der Waals surface area contributed by atoms with Crippen LogP contribution in [0.1, 0.15) is 10.4 Å². The third-order valence-electron chi connectivity index (χ3n) is 1.16. The van der Waals surface area contributed by atoms with Gasteiger partial charge in [-0.25, -0.2) is 4.79 Å². The van der Waals surface area contributed by atoms with Gasteiger partial charge in [0.1, 0.15) is 5.56 Å². The second kappa shape index (κ2) is 2.08. The number of aromatic nitrogens is 1. The molecule has 1 rings (SSSR count). The van der Waals surface area contributed by atoms with E-state index in [0.717, 1.165) is 6.07 Å². The minimum absolute atomic E-state index is 0.0244. The SMILES string of the molecule is O=C(O)c1cc(O)n(O)c1O. The molecule has 0 saturated carbocycles. The predicted molar refractivity (Wildman–Crippen MR) is 31.9 cm³/mol. The van der Waals surface area contributed by atoms with Crippen molar-refractivity contribution in [3.8, 4) is 11.8 Å². The van der Waals surface area contributed by atoms with Gasteiger partial charge in [0.2, 0.25) is 11.8 Å². The first-order chi connectivity index (χ1) is 5.04. The van der Waals surface area contributed by atoms with Crippen molar-refractivity contribution in [2.75, 3.05) is 0 Å². The van der Waals surface area contributed by atoms with E-state index in [0.29, 0.717) is 0 Å². The van der Waals surface area contributed by atoms with Gasteiger partial charge in [-0.15, -0.1) is 4.73 Å². The topological polar surface area (TPSA) is 103 Å². The molecular weight excluding hydrogens is 154 g/mol. The lowest BCUT2D eigenvalue weighted by atomic mass is 10.3. The Hall–Kier alpha value is -1.85. The fourth-order valence-electron chi connectivity index (χ4n) is 0.635. The Kier molecular flexibility index (Phi) is 1.37. The Morgan fingerprint density at radius 1 is 1.45 bits per heavy atom. The number of hydrogen-bond donors (Lipinski definition) is 4. The van der Waals surface area contributed by atoms with Gasteiger partial charge in [0.15, 0.2) is 0 Å². The molecule has 0 amide bonds. The van der Waals surface area contributed by atoms with E-state index in [1.807, 2.05) is 0 Å². The second-order valence-electron chi connectivity index (χ2n) is 1.86. The molecule has 0 unspecified atom stereocenters. The van der Waals surface area contributed by atoms with E-state index in [9.17, 15) is 4.79 Å². The number of hydrogen-bond acceptors (Lipinski definition) is 4. The highest BCUT2D eigenvalue weighted by Gasteiger charge is 2.18. The molecule has 0 bridgehead atoms. The van der Waals surface area contributed by atoms with Gasteiger partial charge in [0.25, 0.3) is 0 Å². The van der Waals surface area contributed by atoms with Crippen LogP contribution in [-0.2, 0) is 0 Å². The van der Waals surface area contributed by atoms with Crippen LogP contribution in [0.4, 0.5) is 0 Å². The van der Waals surface area contributed by atoms with Crippen LogP contribution in [0.5, 0.6) is 11.8 Å². The average molecular weight is 159 g/mol. The first-order valence-corrected chi connectivity index (χ1v) is 2.60. The standard InChI is InChI=1S/C5H5NO5/c7-3-1-2(5(9)10)4(8)6(3)11/h1,7-8,11H,(H,9,10). The highest BCUT2D eigenvalue weighted by Crippen LogP contribution is 2.24. The van der Waals surface area contributed by atoms with Crippen LogP contribution >= 0.6 is 0 Å². The lowest BCUT2D eigenvalue weighted by Crippen LogP contribution is -1.95. The van der Waals surface area contributed by atoms with E-state index in [-0.39, 0.29) is 4.73 Å². The first kappa shape index (κ1) is 7.26. The van der Waals surface area contributed by atoms with Crippen LogP contribution in [0.2, 0.25) is 0 Å². The summed E-state index contributed by atoms with van der Waals surface area (Å²) in [5, 5.41) is 34.4. The second-order valence-corrected chi connectivity index (χ2v) is 1.86. The van der Waals surface area contributed by atoms with E-state index in [4.69, 9.17) is 20.5 Å². The molecular formula is C5H5NO5. The Bertz CT molecular complexity index is 302. The van der Waals surface area contributed by atoms with E-state index in [1.54, 1.807) is 0 Å². The summed E-state index contributed by atoms with van der Waals surface area (Å²) in [6.07, 6.45) is 0. The molecule has 0 aliphatic rings. The van der Waals surface area contributed by atoms with Gasteiger partial charge < -0.3 is 20.5 Å². The summed E-state index contributed by atoms with van der Waals surface area (Å²) >= 11 is 0. The zero-order valence-corrected chi connectivity index (χ0v) is 5.22. The van der Waals surface area contributed by atoms with Crippen molar-refractivity contribution in [2.24, 2.45) is 0 Å². The quantitative estimate of drug-likeness (QED) is 0.426. The average Bonchev–Trinajstić information content (AvgIpc) is 2.17. The van der Waals surface area contributed by atoms with Crippen LogP contribution in [0.3, 0.4) is 0 Å². The van der Waals surface area contributed by atoms with Gasteiger partial charge in [0, 0.05) is 6.07 Å². The number of aromatic carboxylic acids is 1. The molecule has 4 N–H and O–H groups in total. The van der Waals surface area contributed by atoms with E-state index < -0.39 is 23.3 Å². The third kappa shape index (κ3) is 0.936. The minimum Gasteiger partial charge on any atom is -0.492 e. The normalized spacial score (nSPS) is 9.82. The van der Waals surface area contributed by atoms with Crippen molar-refractivity contribution in [3.05, 3.63) is 11.6 Å². The highest BCUT2D eigenvalue weighted by atomic mass is 16.5. The molecule has 1 aromatic rings. The number of carboxylic acids is 1. The predicted octanol–water partition coefficient (Wildman–Crippen LogP) is -0.165. The number of nitrogens with zero attached hydrogens (tertiary/aromatic N) is 1.